The summed E-state index contributed by atoms with van der Waals surface area (Å²) in [7, 11) is 0. The maximum absolute atomic E-state index is 5.85. The normalized spacial score (nSPS) is 12.7. The lowest BCUT2D eigenvalue weighted by Crippen LogP contribution is -2.29. The van der Waals surface area contributed by atoms with Gasteiger partial charge in [-0.2, -0.15) is 0 Å². The Morgan fingerprint density at radius 3 is 2.52 bits per heavy atom. The molecule has 0 fully saturated rings. The van der Waals surface area contributed by atoms with E-state index in [1.54, 1.807) is 0 Å². The number of benzene rings is 2. The molecule has 2 aromatic rings. The van der Waals surface area contributed by atoms with E-state index in [4.69, 9.17) is 5.84 Å². The van der Waals surface area contributed by atoms with Crippen molar-refractivity contribution in [2.24, 2.45) is 11.8 Å². The van der Waals surface area contributed by atoms with Crippen LogP contribution in [0.2, 0.25) is 0 Å². The highest BCUT2D eigenvalue weighted by Crippen LogP contribution is 2.28. The van der Waals surface area contributed by atoms with E-state index in [1.807, 2.05) is 0 Å². The molecule has 21 heavy (non-hydrogen) atoms. The van der Waals surface area contributed by atoms with Gasteiger partial charge in [0.25, 0.3) is 0 Å². The summed E-state index contributed by atoms with van der Waals surface area (Å²) in [4.78, 5) is 0. The topological polar surface area (TPSA) is 38.0 Å². The van der Waals surface area contributed by atoms with Crippen LogP contribution in [0.3, 0.4) is 0 Å². The molecule has 0 aliphatic rings. The van der Waals surface area contributed by atoms with Gasteiger partial charge in [0.2, 0.25) is 0 Å². The van der Waals surface area contributed by atoms with E-state index in [-0.39, 0.29) is 6.04 Å². The molecule has 0 aliphatic heterocycles. The molecule has 0 radical (unpaired) electrons. The Bertz CT molecular complexity index is 608. The second-order valence-corrected chi connectivity index (χ2v) is 7.00. The molecule has 0 amide bonds. The standard InChI is InChI=1S/C18H23IN2/c1-12(2)10-14-7-5-8-15(11-14)18(21-20)16-9-4-6-13(3)17(16)19/h4-9,11-12,18,21H,10,20H2,1-3H3. The number of hydrogen-bond donors (Lipinski definition) is 2. The summed E-state index contributed by atoms with van der Waals surface area (Å²) in [6.07, 6.45) is 1.09. The summed E-state index contributed by atoms with van der Waals surface area (Å²) in [5, 5.41) is 0. The molecule has 112 valence electrons. The fraction of sp³-hybridized carbons (Fsp3) is 0.333. The van der Waals surface area contributed by atoms with Crippen molar-refractivity contribution in [2.45, 2.75) is 33.2 Å². The zero-order valence-corrected chi connectivity index (χ0v) is 15.0. The highest BCUT2D eigenvalue weighted by molar-refractivity contribution is 14.1. The lowest BCUT2D eigenvalue weighted by Gasteiger charge is -2.20. The molecule has 2 rings (SSSR count). The van der Waals surface area contributed by atoms with Gasteiger partial charge in [0, 0.05) is 3.57 Å². The van der Waals surface area contributed by atoms with Gasteiger partial charge in [-0.1, -0.05) is 56.3 Å². The van der Waals surface area contributed by atoms with Gasteiger partial charge in [0.15, 0.2) is 0 Å². The maximum atomic E-state index is 5.85. The minimum Gasteiger partial charge on any atom is -0.271 e. The van der Waals surface area contributed by atoms with Gasteiger partial charge in [-0.15, -0.1) is 0 Å². The molecule has 1 unspecified atom stereocenters. The van der Waals surface area contributed by atoms with Crippen molar-refractivity contribution in [2.75, 3.05) is 0 Å². The summed E-state index contributed by atoms with van der Waals surface area (Å²) >= 11 is 2.40. The first-order valence-corrected chi connectivity index (χ1v) is 8.40. The molecular formula is C18H23IN2. The average molecular weight is 394 g/mol. The molecule has 0 saturated heterocycles. The van der Waals surface area contributed by atoms with E-state index in [1.165, 1.54) is 25.8 Å². The number of nitrogens with one attached hydrogen (secondary N) is 1. The zero-order chi connectivity index (χ0) is 15.4. The van der Waals surface area contributed by atoms with Crippen LogP contribution in [0.15, 0.2) is 42.5 Å². The van der Waals surface area contributed by atoms with Crippen LogP contribution < -0.4 is 11.3 Å². The molecular weight excluding hydrogens is 371 g/mol. The van der Waals surface area contributed by atoms with Gasteiger partial charge in [0.05, 0.1) is 6.04 Å². The summed E-state index contributed by atoms with van der Waals surface area (Å²) in [5.74, 6) is 6.51. The zero-order valence-electron chi connectivity index (χ0n) is 12.9. The van der Waals surface area contributed by atoms with Crippen LogP contribution in [-0.2, 0) is 6.42 Å². The van der Waals surface area contributed by atoms with Gasteiger partial charge < -0.3 is 0 Å². The van der Waals surface area contributed by atoms with E-state index in [2.05, 4.69) is 91.3 Å². The Kier molecular flexibility index (Phi) is 5.79. The predicted octanol–water partition coefficient (Wildman–Crippen LogP) is 4.35. The molecule has 2 nitrogen and oxygen atoms in total. The van der Waals surface area contributed by atoms with E-state index >= 15 is 0 Å². The Morgan fingerprint density at radius 1 is 1.14 bits per heavy atom. The third-order valence-corrected chi connectivity index (χ3v) is 5.10. The Labute approximate surface area is 141 Å². The molecule has 0 spiro atoms. The first-order chi connectivity index (χ1) is 10.0. The molecule has 1 atom stereocenters. The number of rotatable bonds is 5. The highest BCUT2D eigenvalue weighted by Gasteiger charge is 2.16. The third-order valence-electron chi connectivity index (χ3n) is 3.63. The molecule has 3 heteroatoms. The number of hydrazine groups is 1. The van der Waals surface area contributed by atoms with E-state index < -0.39 is 0 Å². The van der Waals surface area contributed by atoms with Crippen LogP contribution in [0.5, 0.6) is 0 Å². The SMILES string of the molecule is Cc1cccc(C(NN)c2cccc(CC(C)C)c2)c1I. The quantitative estimate of drug-likeness (QED) is 0.450. The van der Waals surface area contributed by atoms with E-state index in [9.17, 15) is 0 Å². The molecule has 2 aromatic carbocycles. The number of hydrogen-bond acceptors (Lipinski definition) is 2. The second-order valence-electron chi connectivity index (χ2n) is 5.92. The van der Waals surface area contributed by atoms with Crippen LogP contribution >= 0.6 is 22.6 Å². The number of aryl methyl sites for hydroxylation is 1. The molecule has 0 aliphatic carbocycles. The fourth-order valence-electron chi connectivity index (χ4n) is 2.63. The Morgan fingerprint density at radius 2 is 1.86 bits per heavy atom. The molecule has 0 aromatic heterocycles. The van der Waals surface area contributed by atoms with Crippen molar-refractivity contribution in [3.8, 4) is 0 Å². The monoisotopic (exact) mass is 394 g/mol. The van der Waals surface area contributed by atoms with Crippen LogP contribution in [0.25, 0.3) is 0 Å². The van der Waals surface area contributed by atoms with Crippen LogP contribution in [0.4, 0.5) is 0 Å². The largest absolute Gasteiger partial charge is 0.271 e. The minimum atomic E-state index is 0.0314. The first-order valence-electron chi connectivity index (χ1n) is 7.33. The van der Waals surface area contributed by atoms with E-state index in [0.717, 1.165) is 6.42 Å². The third kappa shape index (κ3) is 4.05. The molecule has 0 bridgehead atoms. The number of nitrogens with two attached hydrogens (primary N) is 1. The Hall–Kier alpha value is -0.910. The fourth-order valence-corrected chi connectivity index (χ4v) is 3.30. The van der Waals surface area contributed by atoms with Crippen LogP contribution in [0, 0.1) is 16.4 Å². The van der Waals surface area contributed by atoms with Crippen molar-refractivity contribution in [3.63, 3.8) is 0 Å². The van der Waals surface area contributed by atoms with Gasteiger partial charge >= 0.3 is 0 Å². The Balaban J connectivity index is 2.39. The van der Waals surface area contributed by atoms with Gasteiger partial charge in [-0.25, -0.2) is 5.43 Å². The first kappa shape index (κ1) is 16.5. The van der Waals surface area contributed by atoms with Gasteiger partial charge in [-0.3, -0.25) is 5.84 Å². The van der Waals surface area contributed by atoms with E-state index in [0.29, 0.717) is 5.92 Å². The smallest absolute Gasteiger partial charge is 0.0720 e. The van der Waals surface area contributed by atoms with Crippen molar-refractivity contribution in [1.29, 1.82) is 0 Å². The molecule has 0 saturated carbocycles. The summed E-state index contributed by atoms with van der Waals surface area (Å²) in [6, 6.07) is 15.1. The predicted molar refractivity (Wildman–Crippen MR) is 98.0 cm³/mol. The average Bonchev–Trinajstić information content (AvgIpc) is 2.44. The molecule has 0 heterocycles. The minimum absolute atomic E-state index is 0.0314. The number of halogens is 1. The van der Waals surface area contributed by atoms with Gasteiger partial charge in [0.1, 0.15) is 0 Å². The molecule has 3 N–H and O–H groups in total. The summed E-state index contributed by atoms with van der Waals surface area (Å²) < 4.78 is 1.27. The highest BCUT2D eigenvalue weighted by atomic mass is 127. The summed E-state index contributed by atoms with van der Waals surface area (Å²) in [6.45, 7) is 6.62. The van der Waals surface area contributed by atoms with Crippen molar-refractivity contribution < 1.29 is 0 Å². The van der Waals surface area contributed by atoms with Crippen molar-refractivity contribution in [1.82, 2.24) is 5.43 Å². The lowest BCUT2D eigenvalue weighted by molar-refractivity contribution is 0.625. The van der Waals surface area contributed by atoms with Crippen LogP contribution in [-0.4, -0.2) is 0 Å². The van der Waals surface area contributed by atoms with Gasteiger partial charge in [-0.05, 0) is 64.1 Å². The van der Waals surface area contributed by atoms with Crippen molar-refractivity contribution in [3.05, 3.63) is 68.3 Å². The van der Waals surface area contributed by atoms with Crippen molar-refractivity contribution >= 4 is 22.6 Å². The van der Waals surface area contributed by atoms with Crippen LogP contribution in [0.1, 0.15) is 42.1 Å². The lowest BCUT2D eigenvalue weighted by atomic mass is 9.94. The summed E-state index contributed by atoms with van der Waals surface area (Å²) in [5.41, 5.74) is 8.09. The second kappa shape index (κ2) is 7.38. The maximum Gasteiger partial charge on any atom is 0.0720 e.